The molecule has 0 heterocycles. The zero-order valence-corrected chi connectivity index (χ0v) is 13.8. The number of carboxylic acid groups (broad SMARTS) is 1. The molecule has 0 saturated heterocycles. The van der Waals surface area contributed by atoms with Gasteiger partial charge in [-0.1, -0.05) is 48.5 Å². The van der Waals surface area contributed by atoms with Crippen LogP contribution in [0.4, 0.5) is 4.79 Å². The molecule has 2 unspecified atom stereocenters. The zero-order chi connectivity index (χ0) is 16.1. The third kappa shape index (κ3) is 7.36. The summed E-state index contributed by atoms with van der Waals surface area (Å²) in [5, 5.41) is 14.5. The summed E-state index contributed by atoms with van der Waals surface area (Å²) >= 11 is 0. The van der Waals surface area contributed by atoms with E-state index < -0.39 is 12.0 Å². The molecule has 0 spiro atoms. The van der Waals surface area contributed by atoms with E-state index >= 15 is 0 Å². The molecule has 0 aliphatic rings. The Morgan fingerprint density at radius 3 is 1.90 bits per heavy atom. The molecule has 118 valence electrons. The van der Waals surface area contributed by atoms with Crippen LogP contribution in [-0.2, 0) is 4.79 Å². The lowest BCUT2D eigenvalue weighted by atomic mass is 9.82. The van der Waals surface area contributed by atoms with E-state index in [0.717, 1.165) is 0 Å². The van der Waals surface area contributed by atoms with Crippen molar-refractivity contribution >= 4 is 12.0 Å². The fraction of sp³-hybridized carbons (Fsp3) is 0.867. The van der Waals surface area contributed by atoms with Crippen LogP contribution in [0.3, 0.4) is 0 Å². The van der Waals surface area contributed by atoms with Gasteiger partial charge in [0, 0.05) is 12.6 Å². The zero-order valence-electron chi connectivity index (χ0n) is 13.8. The molecule has 3 N–H and O–H groups in total. The second-order valence-corrected chi connectivity index (χ2v) is 7.64. The SMILES string of the molecule is CC(CNC(=O)NC(CC(=O)O)C(C)(C)C)C(C)(C)C. The largest absolute Gasteiger partial charge is 0.481 e. The minimum atomic E-state index is -0.909. The van der Waals surface area contributed by atoms with Crippen LogP contribution >= 0.6 is 0 Å². The van der Waals surface area contributed by atoms with Crippen LogP contribution in [0.2, 0.25) is 0 Å². The van der Waals surface area contributed by atoms with E-state index in [1.807, 2.05) is 20.8 Å². The van der Waals surface area contributed by atoms with Crippen LogP contribution in [0.15, 0.2) is 0 Å². The lowest BCUT2D eigenvalue weighted by Crippen LogP contribution is -2.50. The van der Waals surface area contributed by atoms with Gasteiger partial charge >= 0.3 is 12.0 Å². The standard InChI is InChI=1S/C15H30N2O3/c1-10(14(2,3)4)9-16-13(20)17-11(8-12(18)19)15(5,6)7/h10-11H,8-9H2,1-7H3,(H,18,19)(H2,16,17,20). The van der Waals surface area contributed by atoms with Gasteiger partial charge in [0.2, 0.25) is 0 Å². The van der Waals surface area contributed by atoms with Crippen molar-refractivity contribution in [3.05, 3.63) is 0 Å². The van der Waals surface area contributed by atoms with Gasteiger partial charge < -0.3 is 15.7 Å². The Labute approximate surface area is 122 Å². The summed E-state index contributed by atoms with van der Waals surface area (Å²) in [6.07, 6.45) is -0.0776. The molecule has 0 rings (SSSR count). The summed E-state index contributed by atoms with van der Waals surface area (Å²) in [5.74, 6) is -0.575. The predicted octanol–water partition coefficient (Wildman–Crippen LogP) is 2.86. The average molecular weight is 286 g/mol. The summed E-state index contributed by atoms with van der Waals surface area (Å²) in [6.45, 7) is 14.8. The molecule has 0 fully saturated rings. The highest BCUT2D eigenvalue weighted by Crippen LogP contribution is 2.24. The highest BCUT2D eigenvalue weighted by molar-refractivity contribution is 5.75. The lowest BCUT2D eigenvalue weighted by Gasteiger charge is -2.31. The van der Waals surface area contributed by atoms with Crippen molar-refractivity contribution < 1.29 is 14.7 Å². The maximum absolute atomic E-state index is 11.9. The number of hydrogen-bond acceptors (Lipinski definition) is 2. The topological polar surface area (TPSA) is 78.4 Å². The van der Waals surface area contributed by atoms with E-state index in [0.29, 0.717) is 12.5 Å². The summed E-state index contributed by atoms with van der Waals surface area (Å²) in [6, 6.07) is -0.702. The van der Waals surface area contributed by atoms with Crippen molar-refractivity contribution in [2.75, 3.05) is 6.54 Å². The van der Waals surface area contributed by atoms with Crippen LogP contribution in [0.1, 0.15) is 54.9 Å². The first-order valence-corrected chi connectivity index (χ1v) is 7.10. The Hall–Kier alpha value is -1.26. The van der Waals surface area contributed by atoms with E-state index in [1.54, 1.807) is 0 Å². The quantitative estimate of drug-likeness (QED) is 0.727. The number of amides is 2. The van der Waals surface area contributed by atoms with E-state index in [-0.39, 0.29) is 23.3 Å². The number of carbonyl (C=O) groups is 2. The number of carbonyl (C=O) groups excluding carboxylic acids is 1. The van der Waals surface area contributed by atoms with Crippen molar-refractivity contribution in [3.63, 3.8) is 0 Å². The van der Waals surface area contributed by atoms with Crippen LogP contribution < -0.4 is 10.6 Å². The molecule has 0 radical (unpaired) electrons. The number of urea groups is 1. The molecule has 2 atom stereocenters. The molecule has 5 heteroatoms. The minimum absolute atomic E-state index is 0.0776. The number of aliphatic carboxylic acids is 1. The van der Waals surface area contributed by atoms with E-state index in [2.05, 4.69) is 38.3 Å². The minimum Gasteiger partial charge on any atom is -0.481 e. The molecule has 0 bridgehead atoms. The van der Waals surface area contributed by atoms with Gasteiger partial charge in [-0.05, 0) is 16.7 Å². The lowest BCUT2D eigenvalue weighted by molar-refractivity contribution is -0.138. The fourth-order valence-electron chi connectivity index (χ4n) is 1.51. The smallest absolute Gasteiger partial charge is 0.315 e. The molecule has 2 amide bonds. The van der Waals surface area contributed by atoms with Gasteiger partial charge in [-0.15, -0.1) is 0 Å². The maximum atomic E-state index is 11.9. The Balaban J connectivity index is 4.45. The highest BCUT2D eigenvalue weighted by Gasteiger charge is 2.28. The van der Waals surface area contributed by atoms with E-state index in [1.165, 1.54) is 0 Å². The van der Waals surface area contributed by atoms with Crippen LogP contribution in [0, 0.1) is 16.7 Å². The summed E-state index contributed by atoms with van der Waals surface area (Å²) < 4.78 is 0. The van der Waals surface area contributed by atoms with Crippen molar-refractivity contribution in [1.29, 1.82) is 0 Å². The molecule has 5 nitrogen and oxygen atoms in total. The molecule has 0 aliphatic carbocycles. The Morgan fingerprint density at radius 1 is 1.05 bits per heavy atom. The Morgan fingerprint density at radius 2 is 1.55 bits per heavy atom. The monoisotopic (exact) mass is 286 g/mol. The van der Waals surface area contributed by atoms with E-state index in [9.17, 15) is 9.59 Å². The van der Waals surface area contributed by atoms with Crippen molar-refractivity contribution in [3.8, 4) is 0 Å². The second kappa shape index (κ2) is 6.95. The van der Waals surface area contributed by atoms with Gasteiger partial charge in [-0.25, -0.2) is 4.79 Å². The normalized spacial score (nSPS) is 15.3. The third-order valence-electron chi connectivity index (χ3n) is 3.78. The average Bonchev–Trinajstić information content (AvgIpc) is 2.21. The first-order valence-electron chi connectivity index (χ1n) is 7.10. The van der Waals surface area contributed by atoms with Crippen LogP contribution in [0.5, 0.6) is 0 Å². The van der Waals surface area contributed by atoms with Crippen molar-refractivity contribution in [2.45, 2.75) is 60.9 Å². The predicted molar refractivity (Wildman–Crippen MR) is 80.6 cm³/mol. The maximum Gasteiger partial charge on any atom is 0.315 e. The molecule has 0 aromatic heterocycles. The fourth-order valence-corrected chi connectivity index (χ4v) is 1.51. The van der Waals surface area contributed by atoms with Gasteiger partial charge in [-0.3, -0.25) is 4.79 Å². The Bertz CT molecular complexity index is 340. The first kappa shape index (κ1) is 18.7. The van der Waals surface area contributed by atoms with Gasteiger partial charge in [0.1, 0.15) is 0 Å². The number of hydrogen-bond donors (Lipinski definition) is 3. The number of nitrogens with one attached hydrogen (secondary N) is 2. The molecular weight excluding hydrogens is 256 g/mol. The third-order valence-corrected chi connectivity index (χ3v) is 3.78. The van der Waals surface area contributed by atoms with Gasteiger partial charge in [0.15, 0.2) is 0 Å². The van der Waals surface area contributed by atoms with Crippen LogP contribution in [-0.4, -0.2) is 29.7 Å². The van der Waals surface area contributed by atoms with Crippen molar-refractivity contribution in [2.24, 2.45) is 16.7 Å². The second-order valence-electron chi connectivity index (χ2n) is 7.64. The molecule has 0 saturated carbocycles. The molecule has 0 aromatic rings. The summed E-state index contributed by atoms with van der Waals surface area (Å²) in [5.41, 5.74) is -0.177. The summed E-state index contributed by atoms with van der Waals surface area (Å²) in [4.78, 5) is 22.8. The molecule has 0 aromatic carbocycles. The summed E-state index contributed by atoms with van der Waals surface area (Å²) in [7, 11) is 0. The van der Waals surface area contributed by atoms with Crippen LogP contribution in [0.25, 0.3) is 0 Å². The molecule has 0 aliphatic heterocycles. The highest BCUT2D eigenvalue weighted by atomic mass is 16.4. The molecular formula is C15H30N2O3. The number of rotatable bonds is 5. The number of carboxylic acids is 1. The first-order chi connectivity index (χ1) is 8.84. The van der Waals surface area contributed by atoms with Gasteiger partial charge in [0.05, 0.1) is 6.42 Å². The van der Waals surface area contributed by atoms with E-state index in [4.69, 9.17) is 5.11 Å². The van der Waals surface area contributed by atoms with Gasteiger partial charge in [-0.2, -0.15) is 0 Å². The Kier molecular flexibility index (Phi) is 6.51. The van der Waals surface area contributed by atoms with Gasteiger partial charge in [0.25, 0.3) is 0 Å². The van der Waals surface area contributed by atoms with Crippen molar-refractivity contribution in [1.82, 2.24) is 10.6 Å². The molecule has 20 heavy (non-hydrogen) atoms.